The van der Waals surface area contributed by atoms with Crippen molar-refractivity contribution in [3.05, 3.63) is 51.2 Å². The molecule has 0 heterocycles. The van der Waals surface area contributed by atoms with E-state index >= 15 is 0 Å². The molecule has 2 N–H and O–H groups in total. The van der Waals surface area contributed by atoms with Crippen LogP contribution in [0, 0.1) is 10.1 Å². The molecule has 1 atom stereocenters. The predicted molar refractivity (Wildman–Crippen MR) is 90.3 cm³/mol. The van der Waals surface area contributed by atoms with Crippen molar-refractivity contribution in [2.24, 2.45) is 5.73 Å². The molecule has 2 rings (SSSR count). The molecule has 1 unspecified atom stereocenters. The molecule has 120 valence electrons. The summed E-state index contributed by atoms with van der Waals surface area (Å²) in [6.45, 7) is 4.38. The van der Waals surface area contributed by atoms with E-state index in [-0.39, 0.29) is 11.5 Å². The lowest BCUT2D eigenvalue weighted by molar-refractivity contribution is -0.400. The Bertz CT molecular complexity index is 560. The number of nitrogens with two attached hydrogens (primary N) is 1. The Balaban J connectivity index is 2.61. The van der Waals surface area contributed by atoms with Crippen LogP contribution in [0.5, 0.6) is 0 Å². The van der Waals surface area contributed by atoms with Crippen LogP contribution in [0.2, 0.25) is 0 Å². The van der Waals surface area contributed by atoms with Gasteiger partial charge >= 0.3 is 0 Å². The first-order chi connectivity index (χ1) is 10.5. The highest BCUT2D eigenvalue weighted by molar-refractivity contribution is 5.59. The Kier molecular flexibility index (Phi) is 5.35. The quantitative estimate of drug-likeness (QED) is 0.636. The smallest absolute Gasteiger partial charge is 0.235 e. The summed E-state index contributed by atoms with van der Waals surface area (Å²) in [5.41, 5.74) is 10.1. The maximum atomic E-state index is 10.7. The minimum atomic E-state index is -0.399. The fraction of sp³-hybridized carbons (Fsp3) is 0.556. The number of hydrogen-bond donors (Lipinski definition) is 1. The largest absolute Gasteiger partial charge is 0.327 e. The normalized spacial score (nSPS) is 20.0. The van der Waals surface area contributed by atoms with Crippen LogP contribution < -0.4 is 5.73 Å². The van der Waals surface area contributed by atoms with Gasteiger partial charge in [-0.1, -0.05) is 44.9 Å². The molecule has 1 aromatic rings. The first-order valence-electron chi connectivity index (χ1n) is 8.24. The van der Waals surface area contributed by atoms with E-state index in [2.05, 4.69) is 19.9 Å². The number of fused-ring (bicyclic) bond motifs is 1. The van der Waals surface area contributed by atoms with Crippen LogP contribution in [0.4, 0.5) is 0 Å². The lowest BCUT2D eigenvalue weighted by atomic mass is 9.61. The lowest BCUT2D eigenvalue weighted by Crippen LogP contribution is -2.49. The van der Waals surface area contributed by atoms with Crippen molar-refractivity contribution < 1.29 is 4.92 Å². The van der Waals surface area contributed by atoms with Crippen LogP contribution >= 0.6 is 0 Å². The molecule has 4 nitrogen and oxygen atoms in total. The minimum Gasteiger partial charge on any atom is -0.327 e. The monoisotopic (exact) mass is 302 g/mol. The van der Waals surface area contributed by atoms with E-state index in [1.54, 1.807) is 6.08 Å². The second kappa shape index (κ2) is 7.05. The van der Waals surface area contributed by atoms with Crippen LogP contribution in [0.1, 0.15) is 62.6 Å². The number of hydrogen-bond acceptors (Lipinski definition) is 3. The Labute approximate surface area is 132 Å². The average Bonchev–Trinajstić information content (AvgIpc) is 2.49. The third kappa shape index (κ3) is 3.07. The molecule has 0 fully saturated rings. The minimum absolute atomic E-state index is 0.0470. The summed E-state index contributed by atoms with van der Waals surface area (Å²) in [6.07, 6.45) is 8.86. The first kappa shape index (κ1) is 16.7. The third-order valence-electron chi connectivity index (χ3n) is 4.88. The van der Waals surface area contributed by atoms with Crippen molar-refractivity contribution in [1.29, 1.82) is 0 Å². The average molecular weight is 302 g/mol. The van der Waals surface area contributed by atoms with Crippen molar-refractivity contribution in [3.8, 4) is 0 Å². The SMILES string of the molecule is CCCC1(CCC)c2c(C=C[N+](=O)[O-])cccc2CCC1N. The zero-order valence-corrected chi connectivity index (χ0v) is 13.5. The van der Waals surface area contributed by atoms with Gasteiger partial charge in [0.1, 0.15) is 0 Å². The number of nitro groups is 1. The zero-order chi connectivity index (χ0) is 16.2. The number of benzene rings is 1. The van der Waals surface area contributed by atoms with E-state index in [4.69, 9.17) is 5.73 Å². The molecule has 0 bridgehead atoms. The van der Waals surface area contributed by atoms with Crippen LogP contribution in [-0.4, -0.2) is 11.0 Å². The summed E-state index contributed by atoms with van der Waals surface area (Å²) in [4.78, 5) is 10.3. The van der Waals surface area contributed by atoms with Gasteiger partial charge in [0.25, 0.3) is 0 Å². The first-order valence-corrected chi connectivity index (χ1v) is 8.24. The van der Waals surface area contributed by atoms with Gasteiger partial charge in [0, 0.05) is 17.5 Å². The number of nitrogens with zero attached hydrogens (tertiary/aromatic N) is 1. The maximum Gasteiger partial charge on any atom is 0.235 e. The summed E-state index contributed by atoms with van der Waals surface area (Å²) >= 11 is 0. The van der Waals surface area contributed by atoms with E-state index in [1.807, 2.05) is 12.1 Å². The summed E-state index contributed by atoms with van der Waals surface area (Å²) in [7, 11) is 0. The van der Waals surface area contributed by atoms with Gasteiger partial charge in [-0.3, -0.25) is 10.1 Å². The highest BCUT2D eigenvalue weighted by atomic mass is 16.6. The fourth-order valence-electron chi connectivity index (χ4n) is 4.13. The number of rotatable bonds is 6. The molecular weight excluding hydrogens is 276 g/mol. The summed E-state index contributed by atoms with van der Waals surface area (Å²) in [6, 6.07) is 6.27. The molecule has 0 saturated heterocycles. The second-order valence-electron chi connectivity index (χ2n) is 6.28. The standard InChI is InChI=1S/C18H26N2O2/c1-3-11-18(12-4-2)16(19)9-8-14-6-5-7-15(17(14)18)10-13-20(21)22/h5-7,10,13,16H,3-4,8-9,11-12,19H2,1-2H3. The van der Waals surface area contributed by atoms with Crippen LogP contribution in [0.25, 0.3) is 6.08 Å². The Morgan fingerprint density at radius 1 is 1.36 bits per heavy atom. The second-order valence-corrected chi connectivity index (χ2v) is 6.28. The molecule has 0 spiro atoms. The van der Waals surface area contributed by atoms with E-state index in [1.165, 1.54) is 11.1 Å². The molecule has 0 aromatic heterocycles. The van der Waals surface area contributed by atoms with Gasteiger partial charge in [-0.15, -0.1) is 0 Å². The highest BCUT2D eigenvalue weighted by Gasteiger charge is 2.42. The van der Waals surface area contributed by atoms with E-state index in [9.17, 15) is 10.1 Å². The molecule has 22 heavy (non-hydrogen) atoms. The molecular formula is C18H26N2O2. The Hall–Kier alpha value is -1.68. The van der Waals surface area contributed by atoms with Crippen molar-refractivity contribution in [3.63, 3.8) is 0 Å². The van der Waals surface area contributed by atoms with Crippen molar-refractivity contribution in [1.82, 2.24) is 0 Å². The van der Waals surface area contributed by atoms with Gasteiger partial charge in [0.2, 0.25) is 6.20 Å². The molecule has 0 aliphatic heterocycles. The predicted octanol–water partition coefficient (Wildman–Crippen LogP) is 4.05. The molecule has 0 saturated carbocycles. The van der Waals surface area contributed by atoms with Crippen molar-refractivity contribution in [2.75, 3.05) is 0 Å². The number of aryl methyl sites for hydroxylation is 1. The van der Waals surface area contributed by atoms with Crippen molar-refractivity contribution in [2.45, 2.75) is 63.8 Å². The van der Waals surface area contributed by atoms with Gasteiger partial charge < -0.3 is 5.73 Å². The van der Waals surface area contributed by atoms with Gasteiger partial charge in [-0.25, -0.2) is 0 Å². The summed E-state index contributed by atoms with van der Waals surface area (Å²) < 4.78 is 0. The molecule has 1 aliphatic rings. The van der Waals surface area contributed by atoms with Gasteiger partial charge in [-0.2, -0.15) is 0 Å². The Morgan fingerprint density at radius 2 is 2.05 bits per heavy atom. The zero-order valence-electron chi connectivity index (χ0n) is 13.5. The van der Waals surface area contributed by atoms with Crippen molar-refractivity contribution >= 4 is 6.08 Å². The van der Waals surface area contributed by atoms with Crippen LogP contribution in [-0.2, 0) is 11.8 Å². The van der Waals surface area contributed by atoms with Gasteiger partial charge in [0.05, 0.1) is 4.92 Å². The molecule has 0 amide bonds. The lowest BCUT2D eigenvalue weighted by Gasteiger charge is -2.45. The maximum absolute atomic E-state index is 10.7. The highest BCUT2D eigenvalue weighted by Crippen LogP contribution is 2.45. The van der Waals surface area contributed by atoms with Crippen LogP contribution in [0.3, 0.4) is 0 Å². The van der Waals surface area contributed by atoms with Gasteiger partial charge in [-0.05, 0) is 42.4 Å². The topological polar surface area (TPSA) is 69.2 Å². The molecule has 1 aliphatic carbocycles. The molecule has 4 heteroatoms. The Morgan fingerprint density at radius 3 is 2.64 bits per heavy atom. The fourth-order valence-corrected chi connectivity index (χ4v) is 4.13. The third-order valence-corrected chi connectivity index (χ3v) is 4.88. The summed E-state index contributed by atoms with van der Waals surface area (Å²) in [5, 5.41) is 10.7. The van der Waals surface area contributed by atoms with Gasteiger partial charge in [0.15, 0.2) is 0 Å². The van der Waals surface area contributed by atoms with E-state index in [0.29, 0.717) is 0 Å². The molecule has 0 radical (unpaired) electrons. The molecule has 1 aromatic carbocycles. The van der Waals surface area contributed by atoms with Crippen LogP contribution in [0.15, 0.2) is 24.4 Å². The van der Waals surface area contributed by atoms with E-state index in [0.717, 1.165) is 50.3 Å². The summed E-state index contributed by atoms with van der Waals surface area (Å²) in [5.74, 6) is 0. The van der Waals surface area contributed by atoms with E-state index < -0.39 is 4.92 Å².